The van der Waals surface area contributed by atoms with Gasteiger partial charge in [0, 0.05) is 50.0 Å². The van der Waals surface area contributed by atoms with Crippen molar-refractivity contribution in [1.82, 2.24) is 19.2 Å². The molecule has 5 rings (SSSR count). The number of H-pyrrole nitrogens is 1. The van der Waals surface area contributed by atoms with E-state index in [1.807, 2.05) is 0 Å². The summed E-state index contributed by atoms with van der Waals surface area (Å²) in [5, 5.41) is 3.11. The van der Waals surface area contributed by atoms with Crippen molar-refractivity contribution in [1.29, 1.82) is 0 Å². The van der Waals surface area contributed by atoms with Crippen LogP contribution in [0.2, 0.25) is 0 Å². The summed E-state index contributed by atoms with van der Waals surface area (Å²) in [6.45, 7) is 4.56. The average molecular weight is 421 g/mol. The molecule has 1 aliphatic heterocycles. The Morgan fingerprint density at radius 1 is 0.967 bits per heavy atom. The van der Waals surface area contributed by atoms with Crippen LogP contribution in [0.25, 0.3) is 21.8 Å². The van der Waals surface area contributed by atoms with Crippen molar-refractivity contribution >= 4 is 31.8 Å². The second-order valence-electron chi connectivity index (χ2n) is 7.78. The molecule has 1 aliphatic rings. The maximum atomic E-state index is 13.2. The fraction of sp³-hybridized carbons (Fsp3) is 0.261. The van der Waals surface area contributed by atoms with E-state index in [0.717, 1.165) is 0 Å². The van der Waals surface area contributed by atoms with E-state index < -0.39 is 10.0 Å². The van der Waals surface area contributed by atoms with Crippen LogP contribution in [0.3, 0.4) is 0 Å². The molecular formula is C23H24N4O2S. The zero-order valence-electron chi connectivity index (χ0n) is 16.8. The quantitative estimate of drug-likeness (QED) is 0.545. The maximum absolute atomic E-state index is 13.2. The largest absolute Gasteiger partial charge is 0.345 e. The Morgan fingerprint density at radius 3 is 2.53 bits per heavy atom. The summed E-state index contributed by atoms with van der Waals surface area (Å²) in [4.78, 5) is 9.83. The minimum absolute atomic E-state index is 0.233. The second kappa shape index (κ2) is 7.50. The van der Waals surface area contributed by atoms with Crippen molar-refractivity contribution in [3.8, 4) is 0 Å². The predicted octanol–water partition coefficient (Wildman–Crippen LogP) is 3.78. The van der Waals surface area contributed by atoms with E-state index in [4.69, 9.17) is 0 Å². The first kappa shape index (κ1) is 19.2. The van der Waals surface area contributed by atoms with Gasteiger partial charge in [-0.1, -0.05) is 36.4 Å². The molecule has 1 fully saturated rings. The molecule has 1 saturated heterocycles. The van der Waals surface area contributed by atoms with Gasteiger partial charge in [-0.15, -0.1) is 0 Å². The molecular weight excluding hydrogens is 396 g/mol. The Hall–Kier alpha value is -2.74. The molecule has 2 aromatic carbocycles. The van der Waals surface area contributed by atoms with Gasteiger partial charge in [0.2, 0.25) is 10.0 Å². The van der Waals surface area contributed by atoms with Crippen LogP contribution in [0.15, 0.2) is 71.9 Å². The number of sulfonamides is 1. The number of hydrogen-bond donors (Lipinski definition) is 1. The number of rotatable bonds is 4. The first-order valence-electron chi connectivity index (χ1n) is 10.2. The lowest BCUT2D eigenvalue weighted by Crippen LogP contribution is -2.49. The number of aromatic nitrogens is 2. The summed E-state index contributed by atoms with van der Waals surface area (Å²) < 4.78 is 28.0. The minimum atomic E-state index is -3.55. The highest BCUT2D eigenvalue weighted by Crippen LogP contribution is 2.28. The first-order valence-corrected chi connectivity index (χ1v) is 11.6. The molecule has 0 bridgehead atoms. The van der Waals surface area contributed by atoms with E-state index in [1.165, 1.54) is 16.3 Å². The minimum Gasteiger partial charge on any atom is -0.345 e. The van der Waals surface area contributed by atoms with Crippen LogP contribution < -0.4 is 0 Å². The number of piperazine rings is 1. The molecule has 1 atom stereocenters. The maximum Gasteiger partial charge on any atom is 0.245 e. The molecule has 1 N–H and O–H groups in total. The standard InChI is InChI=1S/C23H24N4O2S/c1-17(19-9-8-18-5-2-3-6-20(18)15-19)26-11-13-27(14-12-26)30(28,29)22-16-25-23-21(22)7-4-10-24-23/h2-10,15-17H,11-14H2,1H3,(H,24,25). The Kier molecular flexibility index (Phi) is 4.81. The number of pyridine rings is 1. The highest BCUT2D eigenvalue weighted by molar-refractivity contribution is 7.89. The lowest BCUT2D eigenvalue weighted by atomic mass is 10.0. The van der Waals surface area contributed by atoms with Gasteiger partial charge in [-0.25, -0.2) is 13.4 Å². The van der Waals surface area contributed by atoms with Gasteiger partial charge in [0.05, 0.1) is 0 Å². The van der Waals surface area contributed by atoms with Crippen LogP contribution in [-0.2, 0) is 10.0 Å². The zero-order chi connectivity index (χ0) is 20.7. The summed E-state index contributed by atoms with van der Waals surface area (Å²) in [5.74, 6) is 0. The third-order valence-electron chi connectivity index (χ3n) is 6.11. The lowest BCUT2D eigenvalue weighted by molar-refractivity contribution is 0.146. The van der Waals surface area contributed by atoms with Crippen molar-refractivity contribution in [2.45, 2.75) is 17.9 Å². The smallest absolute Gasteiger partial charge is 0.245 e. The molecule has 0 radical (unpaired) electrons. The highest BCUT2D eigenvalue weighted by atomic mass is 32.2. The molecule has 0 saturated carbocycles. The number of nitrogens with one attached hydrogen (secondary N) is 1. The van der Waals surface area contributed by atoms with E-state index >= 15 is 0 Å². The number of aromatic amines is 1. The number of nitrogens with zero attached hydrogens (tertiary/aromatic N) is 3. The molecule has 1 unspecified atom stereocenters. The predicted molar refractivity (Wildman–Crippen MR) is 119 cm³/mol. The van der Waals surface area contributed by atoms with Crippen LogP contribution in [0.5, 0.6) is 0 Å². The summed E-state index contributed by atoms with van der Waals surface area (Å²) in [6.07, 6.45) is 3.21. The van der Waals surface area contributed by atoms with E-state index in [2.05, 4.69) is 64.3 Å². The van der Waals surface area contributed by atoms with Gasteiger partial charge in [0.1, 0.15) is 10.5 Å². The van der Waals surface area contributed by atoms with Gasteiger partial charge in [0.25, 0.3) is 0 Å². The third-order valence-corrected chi connectivity index (χ3v) is 8.05. The Morgan fingerprint density at radius 2 is 1.73 bits per heavy atom. The second-order valence-corrected chi connectivity index (χ2v) is 9.68. The fourth-order valence-corrected chi connectivity index (χ4v) is 5.87. The number of benzene rings is 2. The van der Waals surface area contributed by atoms with E-state index in [-0.39, 0.29) is 6.04 Å². The van der Waals surface area contributed by atoms with Gasteiger partial charge in [0.15, 0.2) is 0 Å². The average Bonchev–Trinajstić information content (AvgIpc) is 3.23. The van der Waals surface area contributed by atoms with Gasteiger partial charge in [-0.05, 0) is 41.5 Å². The van der Waals surface area contributed by atoms with Crippen LogP contribution in [0.1, 0.15) is 18.5 Å². The van der Waals surface area contributed by atoms with Crippen LogP contribution in [0.4, 0.5) is 0 Å². The Balaban J connectivity index is 1.33. The molecule has 0 spiro atoms. The lowest BCUT2D eigenvalue weighted by Gasteiger charge is -2.37. The van der Waals surface area contributed by atoms with Gasteiger partial charge < -0.3 is 4.98 Å². The Bertz CT molecular complexity index is 1310. The van der Waals surface area contributed by atoms with E-state index in [0.29, 0.717) is 42.1 Å². The van der Waals surface area contributed by atoms with E-state index in [1.54, 1.807) is 28.8 Å². The first-order chi connectivity index (χ1) is 14.5. The topological polar surface area (TPSA) is 69.3 Å². The zero-order valence-corrected chi connectivity index (χ0v) is 17.6. The molecule has 3 heterocycles. The van der Waals surface area contributed by atoms with Crippen LogP contribution in [0, 0.1) is 0 Å². The van der Waals surface area contributed by atoms with E-state index in [9.17, 15) is 8.42 Å². The Labute approximate surface area is 176 Å². The molecule has 30 heavy (non-hydrogen) atoms. The summed E-state index contributed by atoms with van der Waals surface area (Å²) >= 11 is 0. The third kappa shape index (κ3) is 3.29. The van der Waals surface area contributed by atoms with Gasteiger partial charge in [-0.2, -0.15) is 4.31 Å². The van der Waals surface area contributed by atoms with Crippen molar-refractivity contribution in [3.05, 3.63) is 72.6 Å². The number of fused-ring (bicyclic) bond motifs is 2. The molecule has 6 nitrogen and oxygen atoms in total. The van der Waals surface area contributed by atoms with Gasteiger partial charge >= 0.3 is 0 Å². The molecule has 154 valence electrons. The van der Waals surface area contributed by atoms with Crippen LogP contribution >= 0.6 is 0 Å². The van der Waals surface area contributed by atoms with Gasteiger partial charge in [-0.3, -0.25) is 4.90 Å². The number of hydrogen-bond acceptors (Lipinski definition) is 4. The summed E-state index contributed by atoms with van der Waals surface area (Å²) in [7, 11) is -3.55. The normalized spacial score (nSPS) is 17.5. The van der Waals surface area contributed by atoms with Crippen molar-refractivity contribution in [3.63, 3.8) is 0 Å². The molecule has 7 heteroatoms. The molecule has 0 amide bonds. The van der Waals surface area contributed by atoms with Crippen molar-refractivity contribution in [2.24, 2.45) is 0 Å². The molecule has 0 aliphatic carbocycles. The monoisotopic (exact) mass is 420 g/mol. The highest BCUT2D eigenvalue weighted by Gasteiger charge is 2.32. The van der Waals surface area contributed by atoms with Crippen molar-refractivity contribution in [2.75, 3.05) is 26.2 Å². The molecule has 4 aromatic rings. The van der Waals surface area contributed by atoms with Crippen LogP contribution in [-0.4, -0.2) is 53.8 Å². The summed E-state index contributed by atoms with van der Waals surface area (Å²) in [6, 6.07) is 18.7. The van der Waals surface area contributed by atoms with Crippen molar-refractivity contribution < 1.29 is 8.42 Å². The summed E-state index contributed by atoms with van der Waals surface area (Å²) in [5.41, 5.74) is 1.85. The molecule has 2 aromatic heterocycles. The fourth-order valence-electron chi connectivity index (χ4n) is 4.29. The SMILES string of the molecule is CC(c1ccc2ccccc2c1)N1CCN(S(=O)(=O)c2c[nH]c3ncccc23)CC1.